The summed E-state index contributed by atoms with van der Waals surface area (Å²) in [4.78, 5) is 0. The zero-order valence-electron chi connectivity index (χ0n) is 11.3. The summed E-state index contributed by atoms with van der Waals surface area (Å²) in [7, 11) is 0. The van der Waals surface area contributed by atoms with E-state index >= 15 is 0 Å². The number of hydrogen-bond donors (Lipinski definition) is 2. The fourth-order valence-electron chi connectivity index (χ4n) is 2.79. The number of phenols is 1. The average molecular weight is 332 g/mol. The van der Waals surface area contributed by atoms with Crippen molar-refractivity contribution in [1.82, 2.24) is 5.32 Å². The van der Waals surface area contributed by atoms with Crippen LogP contribution in [0, 0.1) is 0 Å². The number of halogens is 1. The molecule has 1 atom stereocenters. The Bertz CT molecular complexity index is 612. The molecule has 1 unspecified atom stereocenters. The van der Waals surface area contributed by atoms with Crippen molar-refractivity contribution in [2.75, 3.05) is 0 Å². The largest absolute Gasteiger partial charge is 0.507 e. The molecule has 20 heavy (non-hydrogen) atoms. The molecule has 2 N–H and O–H groups in total. The second-order valence-corrected chi connectivity index (χ2v) is 6.23. The lowest BCUT2D eigenvalue weighted by atomic mass is 9.88. The third kappa shape index (κ3) is 3.05. The van der Waals surface area contributed by atoms with E-state index in [1.54, 1.807) is 6.07 Å². The molecule has 2 aromatic rings. The van der Waals surface area contributed by atoms with E-state index in [2.05, 4.69) is 45.5 Å². The first-order chi connectivity index (χ1) is 9.72. The molecule has 0 aromatic heterocycles. The highest BCUT2D eigenvalue weighted by Gasteiger charge is 2.17. The van der Waals surface area contributed by atoms with Crippen LogP contribution in [0.5, 0.6) is 5.75 Å². The standard InChI is InChI=1S/C17H18BrNO/c18-16-9-12(5-8-17(16)20)11-19-15-7-6-13-3-1-2-4-14(13)10-15/h1-5,8-9,15,19-20H,6-7,10-11H2. The van der Waals surface area contributed by atoms with E-state index in [1.807, 2.05) is 12.1 Å². The minimum atomic E-state index is 0.292. The number of rotatable bonds is 3. The zero-order chi connectivity index (χ0) is 13.9. The van der Waals surface area contributed by atoms with E-state index in [4.69, 9.17) is 0 Å². The van der Waals surface area contributed by atoms with Crippen LogP contribution in [0.4, 0.5) is 0 Å². The van der Waals surface area contributed by atoms with E-state index in [-0.39, 0.29) is 0 Å². The molecule has 1 aliphatic carbocycles. The van der Waals surface area contributed by atoms with E-state index in [1.165, 1.54) is 23.1 Å². The van der Waals surface area contributed by atoms with Crippen molar-refractivity contribution in [1.29, 1.82) is 0 Å². The van der Waals surface area contributed by atoms with Crippen molar-refractivity contribution in [3.05, 3.63) is 63.6 Å². The molecule has 2 aromatic carbocycles. The fourth-order valence-corrected chi connectivity index (χ4v) is 3.22. The lowest BCUT2D eigenvalue weighted by molar-refractivity contribution is 0.456. The van der Waals surface area contributed by atoms with Crippen molar-refractivity contribution in [3.63, 3.8) is 0 Å². The molecule has 104 valence electrons. The van der Waals surface area contributed by atoms with Crippen molar-refractivity contribution in [3.8, 4) is 5.75 Å². The third-order valence-corrected chi connectivity index (χ3v) is 4.59. The predicted octanol–water partition coefficient (Wildman–Crippen LogP) is 3.80. The van der Waals surface area contributed by atoms with Gasteiger partial charge in [-0.15, -0.1) is 0 Å². The van der Waals surface area contributed by atoms with Crippen LogP contribution in [0.15, 0.2) is 46.9 Å². The van der Waals surface area contributed by atoms with Crippen LogP contribution in [0.3, 0.4) is 0 Å². The summed E-state index contributed by atoms with van der Waals surface area (Å²) in [5.74, 6) is 0.292. The highest BCUT2D eigenvalue weighted by molar-refractivity contribution is 9.10. The molecule has 0 bridgehead atoms. The molecule has 0 spiro atoms. The number of aryl methyl sites for hydroxylation is 1. The first kappa shape index (κ1) is 13.7. The molecule has 0 aliphatic heterocycles. The molecule has 0 radical (unpaired) electrons. The van der Waals surface area contributed by atoms with E-state index in [0.717, 1.165) is 23.9 Å². The second kappa shape index (κ2) is 5.98. The van der Waals surface area contributed by atoms with Gasteiger partial charge in [0.2, 0.25) is 0 Å². The molecule has 3 rings (SSSR count). The fraction of sp³-hybridized carbons (Fsp3) is 0.294. The summed E-state index contributed by atoms with van der Waals surface area (Å²) in [6.07, 6.45) is 3.46. The van der Waals surface area contributed by atoms with Gasteiger partial charge in [-0.2, -0.15) is 0 Å². The molecule has 0 amide bonds. The number of hydrogen-bond acceptors (Lipinski definition) is 2. The monoisotopic (exact) mass is 331 g/mol. The van der Waals surface area contributed by atoms with Crippen LogP contribution in [0.2, 0.25) is 0 Å². The zero-order valence-corrected chi connectivity index (χ0v) is 12.9. The van der Waals surface area contributed by atoms with Crippen molar-refractivity contribution < 1.29 is 5.11 Å². The first-order valence-corrected chi connectivity index (χ1v) is 7.79. The minimum absolute atomic E-state index is 0.292. The summed E-state index contributed by atoms with van der Waals surface area (Å²) >= 11 is 3.36. The van der Waals surface area contributed by atoms with Gasteiger partial charge >= 0.3 is 0 Å². The van der Waals surface area contributed by atoms with Crippen molar-refractivity contribution in [2.45, 2.75) is 31.8 Å². The van der Waals surface area contributed by atoms with Crippen molar-refractivity contribution in [2.24, 2.45) is 0 Å². The SMILES string of the molecule is Oc1ccc(CNC2CCc3ccccc3C2)cc1Br. The molecular formula is C17H18BrNO. The maximum absolute atomic E-state index is 9.50. The van der Waals surface area contributed by atoms with Gasteiger partial charge in [0, 0.05) is 12.6 Å². The molecule has 0 saturated carbocycles. The van der Waals surface area contributed by atoms with Gasteiger partial charge in [0.05, 0.1) is 4.47 Å². The lowest BCUT2D eigenvalue weighted by Gasteiger charge is -2.25. The molecular weight excluding hydrogens is 314 g/mol. The van der Waals surface area contributed by atoms with Gasteiger partial charge in [-0.05, 0) is 64.0 Å². The number of phenolic OH excluding ortho intramolecular Hbond substituents is 1. The smallest absolute Gasteiger partial charge is 0.129 e. The van der Waals surface area contributed by atoms with E-state index in [0.29, 0.717) is 11.8 Å². The number of benzene rings is 2. The highest BCUT2D eigenvalue weighted by Crippen LogP contribution is 2.25. The van der Waals surface area contributed by atoms with Crippen LogP contribution >= 0.6 is 15.9 Å². The second-order valence-electron chi connectivity index (χ2n) is 5.38. The minimum Gasteiger partial charge on any atom is -0.507 e. The molecule has 0 saturated heterocycles. The summed E-state index contributed by atoms with van der Waals surface area (Å²) < 4.78 is 0.755. The summed E-state index contributed by atoms with van der Waals surface area (Å²) in [6.45, 7) is 0.839. The molecule has 0 fully saturated rings. The van der Waals surface area contributed by atoms with Gasteiger partial charge in [0.15, 0.2) is 0 Å². The number of aromatic hydroxyl groups is 1. The average Bonchev–Trinajstić information content (AvgIpc) is 2.48. The quantitative estimate of drug-likeness (QED) is 0.896. The van der Waals surface area contributed by atoms with Gasteiger partial charge in [-0.1, -0.05) is 30.3 Å². The van der Waals surface area contributed by atoms with Crippen LogP contribution in [-0.2, 0) is 19.4 Å². The normalized spacial score (nSPS) is 17.8. The maximum atomic E-state index is 9.50. The van der Waals surface area contributed by atoms with Gasteiger partial charge < -0.3 is 10.4 Å². The summed E-state index contributed by atoms with van der Waals surface area (Å²) in [5, 5.41) is 13.1. The number of fused-ring (bicyclic) bond motifs is 1. The summed E-state index contributed by atoms with van der Waals surface area (Å²) in [6, 6.07) is 14.9. The van der Waals surface area contributed by atoms with Crippen LogP contribution in [-0.4, -0.2) is 11.1 Å². The molecule has 2 nitrogen and oxygen atoms in total. The van der Waals surface area contributed by atoms with Crippen LogP contribution in [0.25, 0.3) is 0 Å². The predicted molar refractivity (Wildman–Crippen MR) is 84.9 cm³/mol. The Morgan fingerprint density at radius 2 is 1.95 bits per heavy atom. The Labute approximate surface area is 128 Å². The van der Waals surface area contributed by atoms with Crippen LogP contribution < -0.4 is 5.32 Å². The van der Waals surface area contributed by atoms with Gasteiger partial charge in [-0.25, -0.2) is 0 Å². The summed E-state index contributed by atoms with van der Waals surface area (Å²) in [5.41, 5.74) is 4.16. The maximum Gasteiger partial charge on any atom is 0.129 e. The Hall–Kier alpha value is -1.32. The van der Waals surface area contributed by atoms with Gasteiger partial charge in [-0.3, -0.25) is 0 Å². The Morgan fingerprint density at radius 3 is 2.75 bits per heavy atom. The topological polar surface area (TPSA) is 32.3 Å². The van der Waals surface area contributed by atoms with Gasteiger partial charge in [0.1, 0.15) is 5.75 Å². The Balaban J connectivity index is 1.61. The Morgan fingerprint density at radius 1 is 1.15 bits per heavy atom. The van der Waals surface area contributed by atoms with Crippen molar-refractivity contribution >= 4 is 15.9 Å². The molecule has 1 aliphatic rings. The molecule has 0 heterocycles. The van der Waals surface area contributed by atoms with E-state index < -0.39 is 0 Å². The first-order valence-electron chi connectivity index (χ1n) is 7.00. The number of nitrogens with one attached hydrogen (secondary N) is 1. The van der Waals surface area contributed by atoms with Crippen LogP contribution in [0.1, 0.15) is 23.1 Å². The Kier molecular flexibility index (Phi) is 4.08. The highest BCUT2D eigenvalue weighted by atomic mass is 79.9. The van der Waals surface area contributed by atoms with E-state index in [9.17, 15) is 5.11 Å². The third-order valence-electron chi connectivity index (χ3n) is 3.95. The van der Waals surface area contributed by atoms with Gasteiger partial charge in [0.25, 0.3) is 0 Å². The molecule has 3 heteroatoms. The lowest BCUT2D eigenvalue weighted by Crippen LogP contribution is -2.34.